The minimum Gasteiger partial charge on any atom is -0.326 e. The molecule has 2 atom stereocenters. The zero-order chi connectivity index (χ0) is 17.8. The molecule has 0 radical (unpaired) electrons. The van der Waals surface area contributed by atoms with Gasteiger partial charge in [-0.15, -0.1) is 0 Å². The zero-order valence-electron chi connectivity index (χ0n) is 15.5. The third kappa shape index (κ3) is 2.50. The molecule has 2 aromatic rings. The zero-order valence-corrected chi connectivity index (χ0v) is 15.5. The van der Waals surface area contributed by atoms with Gasteiger partial charge in [-0.05, 0) is 84.5 Å². The molecule has 0 aromatic heterocycles. The van der Waals surface area contributed by atoms with Crippen LogP contribution >= 0.6 is 0 Å². The molecule has 0 aliphatic heterocycles. The van der Waals surface area contributed by atoms with Gasteiger partial charge < -0.3 is 5.32 Å². The fourth-order valence-corrected chi connectivity index (χ4v) is 6.84. The monoisotopic (exact) mass is 345 g/mol. The van der Waals surface area contributed by atoms with Crippen molar-refractivity contribution < 1.29 is 4.79 Å². The number of rotatable bonds is 3. The molecular weight excluding hydrogens is 318 g/mol. The van der Waals surface area contributed by atoms with E-state index < -0.39 is 0 Å². The van der Waals surface area contributed by atoms with Gasteiger partial charge in [0.15, 0.2) is 0 Å². The molecule has 4 aliphatic carbocycles. The van der Waals surface area contributed by atoms with E-state index in [1.807, 2.05) is 0 Å². The molecule has 4 bridgehead atoms. The molecule has 4 saturated carbocycles. The van der Waals surface area contributed by atoms with E-state index in [1.54, 1.807) is 12.5 Å². The maximum Gasteiger partial charge on any atom is 0.221 e. The molecule has 0 spiro atoms. The van der Waals surface area contributed by atoms with Gasteiger partial charge in [-0.25, -0.2) is 0 Å². The summed E-state index contributed by atoms with van der Waals surface area (Å²) >= 11 is 0. The molecule has 4 fully saturated rings. The van der Waals surface area contributed by atoms with Crippen LogP contribution in [0.5, 0.6) is 0 Å². The van der Waals surface area contributed by atoms with Crippen LogP contribution < -0.4 is 5.32 Å². The van der Waals surface area contributed by atoms with Crippen molar-refractivity contribution in [3.05, 3.63) is 65.7 Å². The Morgan fingerprint density at radius 3 is 1.92 bits per heavy atom. The van der Waals surface area contributed by atoms with E-state index in [9.17, 15) is 4.79 Å². The molecule has 6 rings (SSSR count). The molecule has 26 heavy (non-hydrogen) atoms. The molecule has 1 N–H and O–H groups in total. The van der Waals surface area contributed by atoms with Crippen LogP contribution in [0.25, 0.3) is 0 Å². The molecule has 2 nitrogen and oxygen atoms in total. The SMILES string of the molecule is CC(=O)Nc1ccc(C23C[C@@H]4C[C@H](CC(c5ccccc5)(C4)C2)C3)cc1. The van der Waals surface area contributed by atoms with Crippen LogP contribution in [-0.4, -0.2) is 5.91 Å². The van der Waals surface area contributed by atoms with Gasteiger partial charge in [0.1, 0.15) is 0 Å². The minimum atomic E-state index is -0.00409. The quantitative estimate of drug-likeness (QED) is 0.789. The second-order valence-corrected chi connectivity index (χ2v) is 9.15. The topological polar surface area (TPSA) is 29.1 Å². The van der Waals surface area contributed by atoms with Crippen LogP contribution in [0.15, 0.2) is 54.6 Å². The largest absolute Gasteiger partial charge is 0.326 e. The normalized spacial score (nSPS) is 34.7. The molecule has 0 saturated heterocycles. The fraction of sp³-hybridized carbons (Fsp3) is 0.458. The van der Waals surface area contributed by atoms with E-state index in [0.29, 0.717) is 10.8 Å². The molecule has 2 heteroatoms. The van der Waals surface area contributed by atoms with E-state index in [2.05, 4.69) is 59.9 Å². The van der Waals surface area contributed by atoms with Crippen molar-refractivity contribution in [3.8, 4) is 0 Å². The molecule has 0 unspecified atom stereocenters. The summed E-state index contributed by atoms with van der Waals surface area (Å²) in [4.78, 5) is 11.3. The van der Waals surface area contributed by atoms with Crippen molar-refractivity contribution in [1.29, 1.82) is 0 Å². The number of carbonyl (C=O) groups excluding carboxylic acids is 1. The highest BCUT2D eigenvalue weighted by molar-refractivity contribution is 5.88. The second-order valence-electron chi connectivity index (χ2n) is 9.15. The van der Waals surface area contributed by atoms with Crippen molar-refractivity contribution >= 4 is 11.6 Å². The van der Waals surface area contributed by atoms with E-state index in [0.717, 1.165) is 17.5 Å². The number of amides is 1. The third-order valence-corrected chi connectivity index (χ3v) is 7.26. The Balaban J connectivity index is 1.52. The van der Waals surface area contributed by atoms with E-state index in [4.69, 9.17) is 0 Å². The first-order chi connectivity index (χ1) is 12.6. The lowest BCUT2D eigenvalue weighted by Crippen LogP contribution is -2.55. The minimum absolute atomic E-state index is 0.00409. The second kappa shape index (κ2) is 5.70. The van der Waals surface area contributed by atoms with Crippen LogP contribution in [0, 0.1) is 11.8 Å². The summed E-state index contributed by atoms with van der Waals surface area (Å²) in [5.41, 5.74) is 4.66. The van der Waals surface area contributed by atoms with Crippen molar-refractivity contribution in [3.63, 3.8) is 0 Å². The number of benzene rings is 2. The molecule has 0 heterocycles. The maximum atomic E-state index is 11.3. The van der Waals surface area contributed by atoms with Crippen LogP contribution in [0.2, 0.25) is 0 Å². The Morgan fingerprint density at radius 2 is 1.38 bits per heavy atom. The Hall–Kier alpha value is -2.09. The van der Waals surface area contributed by atoms with E-state index in [-0.39, 0.29) is 5.91 Å². The number of carbonyl (C=O) groups is 1. The van der Waals surface area contributed by atoms with Crippen LogP contribution in [0.1, 0.15) is 56.6 Å². The van der Waals surface area contributed by atoms with Gasteiger partial charge in [0, 0.05) is 12.6 Å². The first-order valence-electron chi connectivity index (χ1n) is 10.0. The molecule has 134 valence electrons. The number of hydrogen-bond acceptors (Lipinski definition) is 1. The van der Waals surface area contributed by atoms with E-state index in [1.165, 1.54) is 44.1 Å². The van der Waals surface area contributed by atoms with Gasteiger partial charge in [0.25, 0.3) is 0 Å². The molecule has 4 aliphatic rings. The standard InChI is InChI=1S/C24H27NO/c1-17(26)25-22-9-7-21(8-10-22)24-14-18-11-19(15-24)13-23(12-18,16-24)20-5-3-2-4-6-20/h2-10,18-19H,11-16H2,1H3,(H,25,26)/t18-,19-,23?,24?/m1/s1. The van der Waals surface area contributed by atoms with Gasteiger partial charge in [-0.1, -0.05) is 42.5 Å². The van der Waals surface area contributed by atoms with Gasteiger partial charge in [-0.3, -0.25) is 4.79 Å². The average molecular weight is 345 g/mol. The van der Waals surface area contributed by atoms with E-state index >= 15 is 0 Å². The average Bonchev–Trinajstić information content (AvgIpc) is 2.61. The third-order valence-electron chi connectivity index (χ3n) is 7.26. The summed E-state index contributed by atoms with van der Waals surface area (Å²) in [5, 5.41) is 2.90. The molecule has 1 amide bonds. The summed E-state index contributed by atoms with van der Waals surface area (Å²) in [5.74, 6) is 1.73. The van der Waals surface area contributed by atoms with Crippen LogP contribution in [0.4, 0.5) is 5.69 Å². The Bertz CT molecular complexity index is 809. The first-order valence-corrected chi connectivity index (χ1v) is 10.0. The number of nitrogens with one attached hydrogen (secondary N) is 1. The maximum absolute atomic E-state index is 11.3. The Kier molecular flexibility index (Phi) is 3.53. The highest BCUT2D eigenvalue weighted by atomic mass is 16.1. The summed E-state index contributed by atoms with van der Waals surface area (Å²) in [6.45, 7) is 1.57. The molecular formula is C24H27NO. The number of anilines is 1. The smallest absolute Gasteiger partial charge is 0.221 e. The first kappa shape index (κ1) is 16.1. The van der Waals surface area contributed by atoms with Crippen molar-refractivity contribution in [2.24, 2.45) is 11.8 Å². The lowest BCUT2D eigenvalue weighted by atomic mass is 9.42. The van der Waals surface area contributed by atoms with Crippen molar-refractivity contribution in [2.75, 3.05) is 5.32 Å². The predicted molar refractivity (Wildman–Crippen MR) is 105 cm³/mol. The van der Waals surface area contributed by atoms with Gasteiger partial charge in [0.2, 0.25) is 5.91 Å². The predicted octanol–water partition coefficient (Wildman–Crippen LogP) is 5.43. The Labute approximate surface area is 156 Å². The lowest BCUT2D eigenvalue weighted by Gasteiger charge is -2.62. The summed E-state index contributed by atoms with van der Waals surface area (Å²) in [6, 6.07) is 20.0. The lowest BCUT2D eigenvalue weighted by molar-refractivity contribution is -0.114. The van der Waals surface area contributed by atoms with Crippen LogP contribution in [-0.2, 0) is 15.6 Å². The summed E-state index contributed by atoms with van der Waals surface area (Å²) in [6.07, 6.45) is 8.16. The van der Waals surface area contributed by atoms with Crippen molar-refractivity contribution in [2.45, 2.75) is 56.3 Å². The van der Waals surface area contributed by atoms with Gasteiger partial charge in [0.05, 0.1) is 0 Å². The van der Waals surface area contributed by atoms with Crippen LogP contribution in [0.3, 0.4) is 0 Å². The number of hydrogen-bond donors (Lipinski definition) is 1. The van der Waals surface area contributed by atoms with Gasteiger partial charge >= 0.3 is 0 Å². The van der Waals surface area contributed by atoms with Gasteiger partial charge in [-0.2, -0.15) is 0 Å². The molecule has 2 aromatic carbocycles. The Morgan fingerprint density at radius 1 is 0.846 bits per heavy atom. The summed E-state index contributed by atoms with van der Waals surface area (Å²) < 4.78 is 0. The fourth-order valence-electron chi connectivity index (χ4n) is 6.84. The van der Waals surface area contributed by atoms with Crippen molar-refractivity contribution in [1.82, 2.24) is 0 Å². The highest BCUT2D eigenvalue weighted by Crippen LogP contribution is 2.66. The highest BCUT2D eigenvalue weighted by Gasteiger charge is 2.58. The summed E-state index contributed by atoms with van der Waals surface area (Å²) in [7, 11) is 0.